The number of aromatic nitrogens is 2. The molecule has 0 spiro atoms. The van der Waals surface area contributed by atoms with E-state index in [0.29, 0.717) is 35.0 Å². The molecule has 0 saturated heterocycles. The number of hydrogen-bond acceptors (Lipinski definition) is 5. The summed E-state index contributed by atoms with van der Waals surface area (Å²) in [5.41, 5.74) is 4.29. The second kappa shape index (κ2) is 7.74. The molecule has 0 aliphatic carbocycles. The van der Waals surface area contributed by atoms with E-state index in [-0.39, 0.29) is 17.7 Å². The number of nitrogens with one attached hydrogen (secondary N) is 1. The van der Waals surface area contributed by atoms with E-state index in [9.17, 15) is 9.90 Å². The Morgan fingerprint density at radius 2 is 1.90 bits per heavy atom. The molecule has 7 nitrogen and oxygen atoms in total. The van der Waals surface area contributed by atoms with Crippen molar-refractivity contribution in [2.24, 2.45) is 0 Å². The molecule has 2 aromatic carbocycles. The van der Waals surface area contributed by atoms with E-state index in [4.69, 9.17) is 9.47 Å². The third-order valence-corrected chi connectivity index (χ3v) is 5.46. The highest BCUT2D eigenvalue weighted by Crippen LogP contribution is 2.46. The summed E-state index contributed by atoms with van der Waals surface area (Å²) in [7, 11) is 3.18. The maximum absolute atomic E-state index is 13.2. The number of amides is 1. The molecule has 1 aliphatic heterocycles. The van der Waals surface area contributed by atoms with Crippen molar-refractivity contribution >= 4 is 5.91 Å². The van der Waals surface area contributed by atoms with Gasteiger partial charge in [-0.05, 0) is 43.2 Å². The van der Waals surface area contributed by atoms with Gasteiger partial charge in [0, 0.05) is 17.7 Å². The lowest BCUT2D eigenvalue weighted by Crippen LogP contribution is -2.30. The number of methoxy groups -OCH3 is 2. The minimum absolute atomic E-state index is 0.0995. The molecule has 3 aromatic rings. The van der Waals surface area contributed by atoms with E-state index in [0.717, 1.165) is 23.1 Å². The minimum atomic E-state index is -0.346. The Hall–Kier alpha value is -3.48. The molecule has 0 radical (unpaired) electrons. The quantitative estimate of drug-likeness (QED) is 0.643. The van der Waals surface area contributed by atoms with Gasteiger partial charge in [-0.15, -0.1) is 0 Å². The summed E-state index contributed by atoms with van der Waals surface area (Å²) in [6.45, 7) is 4.59. The van der Waals surface area contributed by atoms with Gasteiger partial charge in [0.15, 0.2) is 11.5 Å². The van der Waals surface area contributed by atoms with Gasteiger partial charge in [0.05, 0.1) is 20.3 Å². The third-order valence-electron chi connectivity index (χ3n) is 5.46. The molecule has 7 heteroatoms. The molecule has 156 valence electrons. The largest absolute Gasteiger partial charge is 0.507 e. The Labute approximate surface area is 175 Å². The van der Waals surface area contributed by atoms with E-state index >= 15 is 0 Å². The maximum Gasteiger partial charge on any atom is 0.273 e. The Morgan fingerprint density at radius 3 is 2.60 bits per heavy atom. The van der Waals surface area contributed by atoms with Gasteiger partial charge in [0.1, 0.15) is 17.1 Å². The third kappa shape index (κ3) is 3.07. The maximum atomic E-state index is 13.2. The molecule has 1 atom stereocenters. The second-order valence-electron chi connectivity index (χ2n) is 7.40. The Balaban J connectivity index is 1.92. The number of phenols is 1. The summed E-state index contributed by atoms with van der Waals surface area (Å²) in [6.07, 6.45) is 0.818. The first kappa shape index (κ1) is 19.8. The predicted molar refractivity (Wildman–Crippen MR) is 113 cm³/mol. The van der Waals surface area contributed by atoms with Gasteiger partial charge in [-0.3, -0.25) is 9.89 Å². The molecule has 0 saturated carbocycles. The topological polar surface area (TPSA) is 87.7 Å². The van der Waals surface area contributed by atoms with Crippen molar-refractivity contribution in [3.63, 3.8) is 0 Å². The normalized spacial score (nSPS) is 15.4. The number of rotatable bonds is 6. The van der Waals surface area contributed by atoms with Crippen LogP contribution in [0.3, 0.4) is 0 Å². The highest BCUT2D eigenvalue weighted by Gasteiger charge is 2.42. The molecule has 2 N–H and O–H groups in total. The van der Waals surface area contributed by atoms with Gasteiger partial charge in [-0.1, -0.05) is 24.6 Å². The zero-order valence-corrected chi connectivity index (χ0v) is 17.5. The summed E-state index contributed by atoms with van der Waals surface area (Å²) >= 11 is 0. The summed E-state index contributed by atoms with van der Waals surface area (Å²) < 4.78 is 10.9. The lowest BCUT2D eigenvalue weighted by Gasteiger charge is -2.26. The van der Waals surface area contributed by atoms with Gasteiger partial charge in [0.25, 0.3) is 5.91 Å². The van der Waals surface area contributed by atoms with E-state index in [1.54, 1.807) is 20.3 Å². The molecule has 4 rings (SSSR count). The predicted octanol–water partition coefficient (Wildman–Crippen LogP) is 4.06. The van der Waals surface area contributed by atoms with Crippen LogP contribution in [0.1, 0.15) is 46.6 Å². The average molecular weight is 407 g/mol. The molecule has 2 heterocycles. The van der Waals surface area contributed by atoms with Crippen LogP contribution in [0.2, 0.25) is 0 Å². The fraction of sp³-hybridized carbons (Fsp3) is 0.304. The molecular formula is C23H25N3O4. The van der Waals surface area contributed by atoms with Crippen molar-refractivity contribution in [3.8, 4) is 28.5 Å². The fourth-order valence-corrected chi connectivity index (χ4v) is 4.08. The van der Waals surface area contributed by atoms with Crippen molar-refractivity contribution in [2.45, 2.75) is 26.3 Å². The number of H-pyrrole nitrogens is 1. The number of benzene rings is 2. The zero-order valence-electron chi connectivity index (χ0n) is 17.5. The van der Waals surface area contributed by atoms with Crippen molar-refractivity contribution in [1.82, 2.24) is 15.1 Å². The SMILES string of the molecule is CCCN1C(=O)c2[nH]nc(-c3cc(C)ccc3O)c2[C@H]1c1ccc(OC)c(OC)c1. The van der Waals surface area contributed by atoms with E-state index in [2.05, 4.69) is 10.2 Å². The van der Waals surface area contributed by atoms with Crippen LogP contribution in [0.25, 0.3) is 11.3 Å². The fourth-order valence-electron chi connectivity index (χ4n) is 4.08. The first-order chi connectivity index (χ1) is 14.5. The van der Waals surface area contributed by atoms with Crippen molar-refractivity contribution < 1.29 is 19.4 Å². The molecule has 0 unspecified atom stereocenters. The van der Waals surface area contributed by atoms with Crippen LogP contribution >= 0.6 is 0 Å². The lowest BCUT2D eigenvalue weighted by molar-refractivity contribution is 0.0743. The number of hydrogen-bond donors (Lipinski definition) is 2. The zero-order chi connectivity index (χ0) is 21.4. The summed E-state index contributed by atoms with van der Waals surface area (Å²) in [4.78, 5) is 15.0. The summed E-state index contributed by atoms with van der Waals surface area (Å²) in [5.74, 6) is 1.24. The van der Waals surface area contributed by atoms with Gasteiger partial charge >= 0.3 is 0 Å². The van der Waals surface area contributed by atoms with Crippen LogP contribution in [0.15, 0.2) is 36.4 Å². The summed E-state index contributed by atoms with van der Waals surface area (Å²) in [5, 5.41) is 17.8. The number of aryl methyl sites for hydroxylation is 1. The number of aromatic hydroxyl groups is 1. The van der Waals surface area contributed by atoms with Crippen LogP contribution in [-0.2, 0) is 0 Å². The monoisotopic (exact) mass is 407 g/mol. The van der Waals surface area contributed by atoms with Gasteiger partial charge < -0.3 is 19.5 Å². The molecular weight excluding hydrogens is 382 g/mol. The number of phenolic OH excluding ortho intramolecular Hbond substituents is 1. The molecule has 1 aliphatic rings. The van der Waals surface area contributed by atoms with Crippen LogP contribution in [0, 0.1) is 6.92 Å². The van der Waals surface area contributed by atoms with Gasteiger partial charge in [-0.2, -0.15) is 5.10 Å². The first-order valence-corrected chi connectivity index (χ1v) is 9.91. The standard InChI is InChI=1S/C23H25N3O4/c1-5-10-26-22(14-7-9-17(29-3)18(12-14)30-4)19-20(24-25-21(19)23(26)28)15-11-13(2)6-8-16(15)27/h6-9,11-12,22,27H,5,10H2,1-4H3,(H,24,25)/t22-/m1/s1. The number of fused-ring (bicyclic) bond motifs is 1. The van der Waals surface area contributed by atoms with Gasteiger partial charge in [-0.25, -0.2) is 0 Å². The highest BCUT2D eigenvalue weighted by molar-refractivity contribution is 6.00. The summed E-state index contributed by atoms with van der Waals surface area (Å²) in [6, 6.07) is 10.7. The molecule has 0 bridgehead atoms. The molecule has 1 amide bonds. The smallest absolute Gasteiger partial charge is 0.273 e. The lowest BCUT2D eigenvalue weighted by atomic mass is 9.94. The number of ether oxygens (including phenoxy) is 2. The van der Waals surface area contributed by atoms with E-state index in [1.807, 2.05) is 49.1 Å². The van der Waals surface area contributed by atoms with Crippen molar-refractivity contribution in [2.75, 3.05) is 20.8 Å². The number of nitrogens with zero attached hydrogens (tertiary/aromatic N) is 2. The van der Waals surface area contributed by atoms with Gasteiger partial charge in [0.2, 0.25) is 0 Å². The number of carbonyl (C=O) groups excluding carboxylic acids is 1. The van der Waals surface area contributed by atoms with Crippen molar-refractivity contribution in [1.29, 1.82) is 0 Å². The Morgan fingerprint density at radius 1 is 1.13 bits per heavy atom. The van der Waals surface area contributed by atoms with E-state index < -0.39 is 0 Å². The second-order valence-corrected chi connectivity index (χ2v) is 7.40. The number of aromatic amines is 1. The number of carbonyl (C=O) groups is 1. The molecule has 0 fully saturated rings. The highest BCUT2D eigenvalue weighted by atomic mass is 16.5. The Bertz CT molecular complexity index is 1110. The first-order valence-electron chi connectivity index (χ1n) is 9.91. The minimum Gasteiger partial charge on any atom is -0.507 e. The Kier molecular flexibility index (Phi) is 5.11. The van der Waals surface area contributed by atoms with Crippen LogP contribution in [0.4, 0.5) is 0 Å². The van der Waals surface area contributed by atoms with Crippen LogP contribution < -0.4 is 9.47 Å². The molecule has 30 heavy (non-hydrogen) atoms. The van der Waals surface area contributed by atoms with E-state index in [1.165, 1.54) is 0 Å². The van der Waals surface area contributed by atoms with Crippen LogP contribution in [0.5, 0.6) is 17.2 Å². The van der Waals surface area contributed by atoms with Crippen LogP contribution in [-0.4, -0.2) is 46.9 Å². The average Bonchev–Trinajstić information content (AvgIpc) is 3.29. The van der Waals surface area contributed by atoms with Crippen molar-refractivity contribution in [3.05, 3.63) is 58.8 Å². The molecule has 1 aromatic heterocycles.